The molecular formula is C11H18N2O. The van der Waals surface area contributed by atoms with Crippen molar-refractivity contribution in [2.24, 2.45) is 5.41 Å². The van der Waals surface area contributed by atoms with E-state index in [4.69, 9.17) is 0 Å². The summed E-state index contributed by atoms with van der Waals surface area (Å²) in [5.74, 6) is 0.535. The maximum Gasteiger partial charge on any atom is 0.143 e. The van der Waals surface area contributed by atoms with Crippen LogP contribution in [0.3, 0.4) is 0 Å². The van der Waals surface area contributed by atoms with Gasteiger partial charge in [0, 0.05) is 25.0 Å². The van der Waals surface area contributed by atoms with Crippen LogP contribution in [0.4, 0.5) is 0 Å². The minimum Gasteiger partial charge on any atom is -0.316 e. The van der Waals surface area contributed by atoms with E-state index in [0.717, 1.165) is 25.9 Å². The third kappa shape index (κ3) is 0.920. The summed E-state index contributed by atoms with van der Waals surface area (Å²) in [6.45, 7) is 1.95. The van der Waals surface area contributed by atoms with Crippen LogP contribution in [0, 0.1) is 5.41 Å². The molecule has 14 heavy (non-hydrogen) atoms. The number of hydrogen-bond acceptors (Lipinski definition) is 3. The van der Waals surface area contributed by atoms with E-state index in [1.807, 2.05) is 0 Å². The molecule has 0 saturated carbocycles. The molecule has 3 unspecified atom stereocenters. The topological polar surface area (TPSA) is 32.3 Å². The SMILES string of the molecule is CN1C2CCC1C1(CCNC1)C(=O)C2. The van der Waals surface area contributed by atoms with Gasteiger partial charge in [0.25, 0.3) is 0 Å². The summed E-state index contributed by atoms with van der Waals surface area (Å²) in [6.07, 6.45) is 4.32. The highest BCUT2D eigenvalue weighted by Gasteiger charge is 2.56. The van der Waals surface area contributed by atoms with Gasteiger partial charge in [-0.05, 0) is 32.9 Å². The van der Waals surface area contributed by atoms with E-state index in [1.165, 1.54) is 12.8 Å². The van der Waals surface area contributed by atoms with Gasteiger partial charge < -0.3 is 5.32 Å². The number of hydrogen-bond donors (Lipinski definition) is 1. The monoisotopic (exact) mass is 194 g/mol. The normalized spacial score (nSPS) is 47.9. The van der Waals surface area contributed by atoms with Crippen molar-refractivity contribution in [3.8, 4) is 0 Å². The molecule has 0 aliphatic carbocycles. The van der Waals surface area contributed by atoms with Crippen molar-refractivity contribution < 1.29 is 4.79 Å². The zero-order chi connectivity index (χ0) is 9.76. The highest BCUT2D eigenvalue weighted by molar-refractivity contribution is 5.88. The highest BCUT2D eigenvalue weighted by atomic mass is 16.1. The predicted molar refractivity (Wildman–Crippen MR) is 54.1 cm³/mol. The summed E-state index contributed by atoms with van der Waals surface area (Å²) >= 11 is 0. The van der Waals surface area contributed by atoms with Crippen molar-refractivity contribution in [3.05, 3.63) is 0 Å². The van der Waals surface area contributed by atoms with Crippen LogP contribution in [-0.2, 0) is 4.79 Å². The van der Waals surface area contributed by atoms with Crippen LogP contribution in [0.25, 0.3) is 0 Å². The zero-order valence-electron chi connectivity index (χ0n) is 8.75. The number of carbonyl (C=O) groups is 1. The number of carbonyl (C=O) groups excluding carboxylic acids is 1. The second-order valence-electron chi connectivity index (χ2n) is 5.12. The third-order valence-electron chi connectivity index (χ3n) is 4.64. The van der Waals surface area contributed by atoms with E-state index in [2.05, 4.69) is 17.3 Å². The molecule has 1 spiro atoms. The Morgan fingerprint density at radius 3 is 3.07 bits per heavy atom. The molecule has 3 aliphatic rings. The van der Waals surface area contributed by atoms with E-state index in [1.54, 1.807) is 0 Å². The van der Waals surface area contributed by atoms with Crippen molar-refractivity contribution in [2.45, 2.75) is 37.8 Å². The Balaban J connectivity index is 1.98. The van der Waals surface area contributed by atoms with Gasteiger partial charge in [0.05, 0.1) is 5.41 Å². The van der Waals surface area contributed by atoms with Crippen LogP contribution >= 0.6 is 0 Å². The summed E-state index contributed by atoms with van der Waals surface area (Å²) in [5, 5.41) is 3.37. The van der Waals surface area contributed by atoms with Crippen LogP contribution in [-0.4, -0.2) is 42.9 Å². The number of nitrogens with one attached hydrogen (secondary N) is 1. The van der Waals surface area contributed by atoms with Crippen LogP contribution < -0.4 is 5.32 Å². The van der Waals surface area contributed by atoms with Gasteiger partial charge in [-0.3, -0.25) is 9.69 Å². The van der Waals surface area contributed by atoms with Gasteiger partial charge in [0.15, 0.2) is 0 Å². The molecule has 3 fully saturated rings. The number of piperidine rings is 1. The Hall–Kier alpha value is -0.410. The largest absolute Gasteiger partial charge is 0.316 e. The van der Waals surface area contributed by atoms with Crippen molar-refractivity contribution in [3.63, 3.8) is 0 Å². The zero-order valence-corrected chi connectivity index (χ0v) is 8.75. The van der Waals surface area contributed by atoms with Gasteiger partial charge in [-0.25, -0.2) is 0 Å². The standard InChI is InChI=1S/C11H18N2O/c1-13-8-2-3-9(13)11(10(14)6-8)4-5-12-7-11/h8-9,12H,2-7H2,1H3. The van der Waals surface area contributed by atoms with Crippen molar-refractivity contribution in [1.29, 1.82) is 0 Å². The van der Waals surface area contributed by atoms with Crippen molar-refractivity contribution >= 4 is 5.78 Å². The van der Waals surface area contributed by atoms with Gasteiger partial charge in [0.1, 0.15) is 5.78 Å². The number of Topliss-reactive ketones (excluding diaryl/α,β-unsaturated/α-hetero) is 1. The molecule has 3 nitrogen and oxygen atoms in total. The fraction of sp³-hybridized carbons (Fsp3) is 0.909. The Kier molecular flexibility index (Phi) is 1.77. The van der Waals surface area contributed by atoms with E-state index >= 15 is 0 Å². The number of nitrogens with zero attached hydrogens (tertiary/aromatic N) is 1. The summed E-state index contributed by atoms with van der Waals surface area (Å²) in [5.41, 5.74) is -0.0122. The fourth-order valence-corrected chi connectivity index (χ4v) is 3.76. The number of rotatable bonds is 0. The first-order valence-corrected chi connectivity index (χ1v) is 5.70. The average molecular weight is 194 g/mol. The van der Waals surface area contributed by atoms with Crippen LogP contribution in [0.15, 0.2) is 0 Å². The molecule has 3 atom stereocenters. The second kappa shape index (κ2) is 2.80. The average Bonchev–Trinajstić information content (AvgIpc) is 2.70. The van der Waals surface area contributed by atoms with E-state index in [-0.39, 0.29) is 5.41 Å². The minimum absolute atomic E-state index is 0.0122. The summed E-state index contributed by atoms with van der Waals surface area (Å²) in [4.78, 5) is 14.6. The Labute approximate surface area is 84.8 Å². The molecule has 0 aromatic heterocycles. The van der Waals surface area contributed by atoms with Crippen LogP contribution in [0.1, 0.15) is 25.7 Å². The number of fused-ring (bicyclic) bond motifs is 3. The molecule has 78 valence electrons. The molecule has 0 amide bonds. The lowest BCUT2D eigenvalue weighted by Crippen LogP contribution is -2.56. The first-order chi connectivity index (χ1) is 6.74. The highest BCUT2D eigenvalue weighted by Crippen LogP contribution is 2.46. The molecule has 3 rings (SSSR count). The molecule has 0 aromatic rings. The molecule has 2 bridgehead atoms. The smallest absolute Gasteiger partial charge is 0.143 e. The quantitative estimate of drug-likeness (QED) is 0.606. The van der Waals surface area contributed by atoms with Crippen molar-refractivity contribution in [2.75, 3.05) is 20.1 Å². The fourth-order valence-electron chi connectivity index (χ4n) is 3.76. The lowest BCUT2D eigenvalue weighted by atomic mass is 9.72. The van der Waals surface area contributed by atoms with Gasteiger partial charge >= 0.3 is 0 Å². The van der Waals surface area contributed by atoms with E-state index in [0.29, 0.717) is 17.9 Å². The summed E-state index contributed by atoms with van der Waals surface area (Å²) in [7, 11) is 2.20. The molecule has 3 saturated heterocycles. The first kappa shape index (κ1) is 8.86. The molecule has 3 aliphatic heterocycles. The lowest BCUT2D eigenvalue weighted by molar-refractivity contribution is -0.136. The maximum atomic E-state index is 12.2. The summed E-state index contributed by atoms with van der Waals surface area (Å²) in [6, 6.07) is 1.09. The Bertz CT molecular complexity index is 270. The Morgan fingerprint density at radius 2 is 2.36 bits per heavy atom. The third-order valence-corrected chi connectivity index (χ3v) is 4.64. The van der Waals surface area contributed by atoms with Gasteiger partial charge in [-0.2, -0.15) is 0 Å². The molecule has 0 aromatic carbocycles. The van der Waals surface area contributed by atoms with E-state index < -0.39 is 0 Å². The molecule has 3 heteroatoms. The minimum atomic E-state index is -0.0122. The maximum absolute atomic E-state index is 12.2. The first-order valence-electron chi connectivity index (χ1n) is 5.70. The van der Waals surface area contributed by atoms with Crippen LogP contribution in [0.5, 0.6) is 0 Å². The summed E-state index contributed by atoms with van der Waals surface area (Å²) < 4.78 is 0. The van der Waals surface area contributed by atoms with Crippen LogP contribution in [0.2, 0.25) is 0 Å². The Morgan fingerprint density at radius 1 is 1.50 bits per heavy atom. The second-order valence-corrected chi connectivity index (χ2v) is 5.12. The predicted octanol–water partition coefficient (Wildman–Crippen LogP) is 0.402. The molecule has 3 heterocycles. The van der Waals surface area contributed by atoms with Crippen molar-refractivity contribution in [1.82, 2.24) is 10.2 Å². The van der Waals surface area contributed by atoms with E-state index in [9.17, 15) is 4.79 Å². The molecule has 0 radical (unpaired) electrons. The lowest BCUT2D eigenvalue weighted by Gasteiger charge is -2.43. The number of ketones is 1. The molecular weight excluding hydrogens is 176 g/mol. The molecule has 1 N–H and O–H groups in total. The van der Waals surface area contributed by atoms with Gasteiger partial charge in [-0.1, -0.05) is 0 Å². The van der Waals surface area contributed by atoms with Gasteiger partial charge in [0.2, 0.25) is 0 Å². The van der Waals surface area contributed by atoms with Gasteiger partial charge in [-0.15, -0.1) is 0 Å².